The van der Waals surface area contributed by atoms with Crippen LogP contribution in [-0.4, -0.2) is 23.4 Å². The molecule has 3 heteroatoms. The Morgan fingerprint density at radius 1 is 1.35 bits per heavy atom. The first kappa shape index (κ1) is 11.1. The second kappa shape index (κ2) is 3.73. The number of nitrogens with zero attached hydrogens (tertiary/aromatic N) is 2. The highest BCUT2D eigenvalue weighted by atomic mass is 16.2. The number of rotatable bonds is 4. The maximum atomic E-state index is 12.6. The molecule has 3 nitrogen and oxygen atoms in total. The molecule has 3 fully saturated rings. The highest BCUT2D eigenvalue weighted by molar-refractivity contribution is 5.87. The molecule has 92 valence electrons. The maximum Gasteiger partial charge on any atom is 0.243 e. The molecule has 0 atom stereocenters. The van der Waals surface area contributed by atoms with Crippen molar-refractivity contribution in [3.8, 4) is 6.07 Å². The molecule has 0 N–H and O–H groups in total. The van der Waals surface area contributed by atoms with Crippen LogP contribution in [0.4, 0.5) is 0 Å². The van der Waals surface area contributed by atoms with Crippen LogP contribution in [0.1, 0.15) is 45.4 Å². The van der Waals surface area contributed by atoms with Gasteiger partial charge >= 0.3 is 0 Å². The molecule has 3 rings (SSSR count). The van der Waals surface area contributed by atoms with Crippen molar-refractivity contribution in [2.75, 3.05) is 6.54 Å². The van der Waals surface area contributed by atoms with Crippen LogP contribution in [0.5, 0.6) is 0 Å². The van der Waals surface area contributed by atoms with Gasteiger partial charge in [0.15, 0.2) is 0 Å². The normalized spacial score (nSPS) is 35.9. The maximum absolute atomic E-state index is 12.6. The number of carbonyl (C=O) groups is 1. The monoisotopic (exact) mass is 232 g/mol. The van der Waals surface area contributed by atoms with E-state index in [2.05, 4.69) is 13.0 Å². The van der Waals surface area contributed by atoms with Gasteiger partial charge < -0.3 is 4.90 Å². The van der Waals surface area contributed by atoms with Crippen molar-refractivity contribution >= 4 is 5.91 Å². The lowest BCUT2D eigenvalue weighted by Gasteiger charge is -2.42. The first-order valence-electron chi connectivity index (χ1n) is 6.87. The van der Waals surface area contributed by atoms with Gasteiger partial charge in [0.2, 0.25) is 5.91 Å². The Morgan fingerprint density at radius 3 is 2.41 bits per heavy atom. The second-order valence-electron chi connectivity index (χ2n) is 6.34. The van der Waals surface area contributed by atoms with E-state index in [0.717, 1.165) is 38.1 Å². The number of hydrogen-bond acceptors (Lipinski definition) is 2. The molecule has 0 aliphatic heterocycles. The van der Waals surface area contributed by atoms with E-state index in [9.17, 15) is 10.1 Å². The Hall–Kier alpha value is -1.04. The van der Waals surface area contributed by atoms with E-state index in [4.69, 9.17) is 0 Å². The smallest absolute Gasteiger partial charge is 0.243 e. The fourth-order valence-electron chi connectivity index (χ4n) is 3.08. The highest BCUT2D eigenvalue weighted by Crippen LogP contribution is 2.48. The van der Waals surface area contributed by atoms with Crippen molar-refractivity contribution in [2.45, 2.75) is 51.5 Å². The summed E-state index contributed by atoms with van der Waals surface area (Å²) in [6.45, 7) is 3.05. The molecule has 0 saturated heterocycles. The van der Waals surface area contributed by atoms with Crippen LogP contribution in [-0.2, 0) is 4.79 Å². The van der Waals surface area contributed by atoms with Crippen LogP contribution in [0.3, 0.4) is 0 Å². The number of carbonyl (C=O) groups excluding carboxylic acids is 1. The molecular formula is C14H20N2O. The van der Waals surface area contributed by atoms with Gasteiger partial charge in [0, 0.05) is 12.6 Å². The fraction of sp³-hybridized carbons (Fsp3) is 0.857. The second-order valence-corrected chi connectivity index (χ2v) is 6.34. The highest BCUT2D eigenvalue weighted by Gasteiger charge is 2.53. The van der Waals surface area contributed by atoms with Crippen LogP contribution in [0, 0.1) is 28.6 Å². The molecule has 0 unspecified atom stereocenters. The van der Waals surface area contributed by atoms with Gasteiger partial charge in [0.25, 0.3) is 0 Å². The zero-order valence-electron chi connectivity index (χ0n) is 10.5. The van der Waals surface area contributed by atoms with E-state index >= 15 is 0 Å². The average molecular weight is 232 g/mol. The van der Waals surface area contributed by atoms with Crippen molar-refractivity contribution in [1.82, 2.24) is 4.90 Å². The van der Waals surface area contributed by atoms with Crippen molar-refractivity contribution in [2.24, 2.45) is 17.3 Å². The third-order valence-corrected chi connectivity index (χ3v) is 4.42. The summed E-state index contributed by atoms with van der Waals surface area (Å²) < 4.78 is 0. The molecule has 0 spiro atoms. The Balaban J connectivity index is 1.71. The molecule has 3 aliphatic rings. The van der Waals surface area contributed by atoms with Gasteiger partial charge in [0.1, 0.15) is 5.41 Å². The molecule has 0 aromatic rings. The molecular weight excluding hydrogens is 212 g/mol. The summed E-state index contributed by atoms with van der Waals surface area (Å²) in [4.78, 5) is 14.6. The van der Waals surface area contributed by atoms with Crippen LogP contribution >= 0.6 is 0 Å². The molecule has 1 amide bonds. The molecule has 0 aromatic carbocycles. The largest absolute Gasteiger partial charge is 0.338 e. The number of hydrogen-bond donors (Lipinski definition) is 0. The lowest BCUT2D eigenvalue weighted by molar-refractivity contribution is -0.146. The van der Waals surface area contributed by atoms with Gasteiger partial charge in [0.05, 0.1) is 6.07 Å². The lowest BCUT2D eigenvalue weighted by atomic mass is 9.62. The lowest BCUT2D eigenvalue weighted by Crippen LogP contribution is -2.51. The summed E-state index contributed by atoms with van der Waals surface area (Å²) in [5.41, 5.74) is -0.656. The molecule has 0 heterocycles. The zero-order chi connectivity index (χ0) is 12.0. The minimum Gasteiger partial charge on any atom is -0.338 e. The van der Waals surface area contributed by atoms with E-state index in [0.29, 0.717) is 12.0 Å². The topological polar surface area (TPSA) is 44.1 Å². The standard InChI is InChI=1S/C14H20N2O/c1-10-6-14(7-10,9-15)13(17)16(12-4-5-12)8-11-2-3-11/h10-12H,2-8H2,1H3. The van der Waals surface area contributed by atoms with Crippen LogP contribution in [0.25, 0.3) is 0 Å². The quantitative estimate of drug-likeness (QED) is 0.746. The average Bonchev–Trinajstić information content (AvgIpc) is 3.13. The minimum absolute atomic E-state index is 0.146. The third kappa shape index (κ3) is 1.94. The molecule has 17 heavy (non-hydrogen) atoms. The van der Waals surface area contributed by atoms with Gasteiger partial charge in [-0.2, -0.15) is 5.26 Å². The van der Waals surface area contributed by atoms with Gasteiger partial charge in [-0.1, -0.05) is 6.92 Å². The first-order valence-corrected chi connectivity index (χ1v) is 6.87. The van der Waals surface area contributed by atoms with Crippen molar-refractivity contribution in [3.63, 3.8) is 0 Å². The van der Waals surface area contributed by atoms with Crippen molar-refractivity contribution in [1.29, 1.82) is 5.26 Å². The van der Waals surface area contributed by atoms with E-state index in [1.165, 1.54) is 12.8 Å². The summed E-state index contributed by atoms with van der Waals surface area (Å²) in [6, 6.07) is 2.77. The Labute approximate surface area is 103 Å². The van der Waals surface area contributed by atoms with Crippen LogP contribution in [0.15, 0.2) is 0 Å². The van der Waals surface area contributed by atoms with E-state index in [-0.39, 0.29) is 5.91 Å². The fourth-order valence-corrected chi connectivity index (χ4v) is 3.08. The minimum atomic E-state index is -0.656. The predicted molar refractivity (Wildman–Crippen MR) is 63.9 cm³/mol. The van der Waals surface area contributed by atoms with Gasteiger partial charge in [-0.15, -0.1) is 0 Å². The first-order chi connectivity index (χ1) is 8.14. The summed E-state index contributed by atoms with van der Waals surface area (Å²) in [5.74, 6) is 1.42. The Bertz CT molecular complexity index is 370. The van der Waals surface area contributed by atoms with Crippen molar-refractivity contribution in [3.05, 3.63) is 0 Å². The number of amides is 1. The van der Waals surface area contributed by atoms with Crippen molar-refractivity contribution < 1.29 is 4.79 Å². The van der Waals surface area contributed by atoms with Gasteiger partial charge in [-0.3, -0.25) is 4.79 Å². The molecule has 3 aliphatic carbocycles. The molecule has 3 saturated carbocycles. The van der Waals surface area contributed by atoms with E-state index < -0.39 is 5.41 Å². The van der Waals surface area contributed by atoms with E-state index in [1.807, 2.05) is 4.90 Å². The van der Waals surface area contributed by atoms with Gasteiger partial charge in [-0.05, 0) is 50.4 Å². The van der Waals surface area contributed by atoms with E-state index in [1.54, 1.807) is 0 Å². The number of nitriles is 1. The zero-order valence-corrected chi connectivity index (χ0v) is 10.5. The van der Waals surface area contributed by atoms with Crippen LogP contribution < -0.4 is 0 Å². The molecule has 0 bridgehead atoms. The summed E-state index contributed by atoms with van der Waals surface area (Å²) in [7, 11) is 0. The Morgan fingerprint density at radius 2 is 2.00 bits per heavy atom. The SMILES string of the molecule is CC1CC(C#N)(C(=O)N(CC2CC2)C2CC2)C1. The summed E-state index contributed by atoms with van der Waals surface area (Å²) in [5, 5.41) is 9.33. The Kier molecular flexibility index (Phi) is 2.43. The van der Waals surface area contributed by atoms with Crippen LogP contribution in [0.2, 0.25) is 0 Å². The summed E-state index contributed by atoms with van der Waals surface area (Å²) >= 11 is 0. The molecule has 0 aromatic heterocycles. The van der Waals surface area contributed by atoms with Gasteiger partial charge in [-0.25, -0.2) is 0 Å². The molecule has 0 radical (unpaired) electrons. The summed E-state index contributed by atoms with van der Waals surface area (Å²) in [6.07, 6.45) is 6.39. The third-order valence-electron chi connectivity index (χ3n) is 4.42. The predicted octanol–water partition coefficient (Wildman–Crippen LogP) is 2.33.